The first-order valence-corrected chi connectivity index (χ1v) is 10.2. The Kier molecular flexibility index (Phi) is 6.08. The predicted octanol–water partition coefficient (Wildman–Crippen LogP) is 3.99. The fourth-order valence-electron chi connectivity index (χ4n) is 3.37. The second-order valence-corrected chi connectivity index (χ2v) is 7.69. The predicted molar refractivity (Wildman–Crippen MR) is 121 cm³/mol. The first-order chi connectivity index (χ1) is 15.0. The average Bonchev–Trinajstić information content (AvgIpc) is 2.77. The standard InChI is InChI=1S/C23H25FN6O/c1-16-3-6-19(15-20(16)24)26-23(31)25-18-7-4-17(5-8-18)21-9-10-22(28-27-21)30-13-11-29(2)12-14-30/h3-10,15H,11-14H2,1-2H3,(H2,25,26,31). The van der Waals surface area contributed by atoms with E-state index in [2.05, 4.69) is 37.7 Å². The maximum absolute atomic E-state index is 13.6. The van der Waals surface area contributed by atoms with Crippen LogP contribution in [-0.4, -0.2) is 54.4 Å². The summed E-state index contributed by atoms with van der Waals surface area (Å²) in [5.41, 5.74) is 3.22. The van der Waals surface area contributed by atoms with Crippen LogP contribution in [0.15, 0.2) is 54.6 Å². The lowest BCUT2D eigenvalue weighted by Crippen LogP contribution is -2.44. The van der Waals surface area contributed by atoms with Crippen LogP contribution in [0.4, 0.5) is 26.4 Å². The summed E-state index contributed by atoms with van der Waals surface area (Å²) in [6, 6.07) is 15.4. The van der Waals surface area contributed by atoms with E-state index in [-0.39, 0.29) is 5.82 Å². The molecule has 2 N–H and O–H groups in total. The molecule has 1 aliphatic heterocycles. The molecule has 3 aromatic rings. The number of nitrogens with zero attached hydrogens (tertiary/aromatic N) is 4. The molecule has 0 aliphatic carbocycles. The van der Waals surface area contributed by atoms with Gasteiger partial charge in [-0.2, -0.15) is 0 Å². The van der Waals surface area contributed by atoms with Gasteiger partial charge in [-0.3, -0.25) is 0 Å². The quantitative estimate of drug-likeness (QED) is 0.668. The highest BCUT2D eigenvalue weighted by atomic mass is 19.1. The van der Waals surface area contributed by atoms with Gasteiger partial charge in [0.2, 0.25) is 0 Å². The summed E-state index contributed by atoms with van der Waals surface area (Å²) in [4.78, 5) is 16.7. The van der Waals surface area contributed by atoms with Gasteiger partial charge in [0.15, 0.2) is 5.82 Å². The molecule has 0 radical (unpaired) electrons. The number of anilines is 3. The lowest BCUT2D eigenvalue weighted by Gasteiger charge is -2.32. The van der Waals surface area contributed by atoms with Crippen LogP contribution in [0.25, 0.3) is 11.3 Å². The van der Waals surface area contributed by atoms with Crippen molar-refractivity contribution in [2.24, 2.45) is 0 Å². The highest BCUT2D eigenvalue weighted by Gasteiger charge is 2.15. The summed E-state index contributed by atoms with van der Waals surface area (Å²) < 4.78 is 13.6. The fraction of sp³-hybridized carbons (Fsp3) is 0.261. The van der Waals surface area contributed by atoms with Gasteiger partial charge in [0.25, 0.3) is 0 Å². The third kappa shape index (κ3) is 5.16. The van der Waals surface area contributed by atoms with E-state index in [1.165, 1.54) is 6.07 Å². The number of hydrogen-bond acceptors (Lipinski definition) is 5. The van der Waals surface area contributed by atoms with Gasteiger partial charge in [-0.1, -0.05) is 18.2 Å². The Morgan fingerprint density at radius 2 is 1.58 bits per heavy atom. The maximum atomic E-state index is 13.6. The molecule has 0 spiro atoms. The summed E-state index contributed by atoms with van der Waals surface area (Å²) in [5, 5.41) is 14.1. The van der Waals surface area contributed by atoms with Crippen LogP contribution < -0.4 is 15.5 Å². The zero-order valence-corrected chi connectivity index (χ0v) is 17.6. The number of nitrogens with one attached hydrogen (secondary N) is 2. The van der Waals surface area contributed by atoms with E-state index in [4.69, 9.17) is 0 Å². The number of benzene rings is 2. The van der Waals surface area contributed by atoms with Crippen molar-refractivity contribution in [1.29, 1.82) is 0 Å². The number of rotatable bonds is 4. The molecule has 160 valence electrons. The van der Waals surface area contributed by atoms with E-state index in [0.717, 1.165) is 43.3 Å². The van der Waals surface area contributed by atoms with Crippen LogP contribution in [0.5, 0.6) is 0 Å². The lowest BCUT2D eigenvalue weighted by atomic mass is 10.1. The Hall–Kier alpha value is -3.52. The third-order valence-electron chi connectivity index (χ3n) is 5.35. The fourth-order valence-corrected chi connectivity index (χ4v) is 3.37. The van der Waals surface area contributed by atoms with Crippen molar-refractivity contribution < 1.29 is 9.18 Å². The van der Waals surface area contributed by atoms with Gasteiger partial charge in [0, 0.05) is 43.1 Å². The molecule has 0 atom stereocenters. The third-order valence-corrected chi connectivity index (χ3v) is 5.35. The molecule has 0 unspecified atom stereocenters. The van der Waals surface area contributed by atoms with Gasteiger partial charge < -0.3 is 20.4 Å². The minimum atomic E-state index is -0.438. The zero-order chi connectivity index (χ0) is 21.8. The second-order valence-electron chi connectivity index (χ2n) is 7.69. The Balaban J connectivity index is 1.36. The molecule has 2 amide bonds. The summed E-state index contributed by atoms with van der Waals surface area (Å²) >= 11 is 0. The Bertz CT molecular complexity index is 1050. The molecule has 0 saturated carbocycles. The monoisotopic (exact) mass is 420 g/mol. The molecule has 1 saturated heterocycles. The van der Waals surface area contributed by atoms with Crippen molar-refractivity contribution in [2.45, 2.75) is 6.92 Å². The van der Waals surface area contributed by atoms with Gasteiger partial charge in [-0.25, -0.2) is 9.18 Å². The second kappa shape index (κ2) is 9.09. The molecular weight excluding hydrogens is 395 g/mol. The normalized spacial score (nSPS) is 14.4. The molecule has 8 heteroatoms. The summed E-state index contributed by atoms with van der Waals surface area (Å²) in [5.74, 6) is 0.529. The van der Waals surface area contributed by atoms with E-state index in [9.17, 15) is 9.18 Å². The van der Waals surface area contributed by atoms with Crippen LogP contribution in [0.1, 0.15) is 5.56 Å². The number of carbonyl (C=O) groups is 1. The van der Waals surface area contributed by atoms with E-state index >= 15 is 0 Å². The van der Waals surface area contributed by atoms with E-state index in [1.807, 2.05) is 24.3 Å². The molecule has 31 heavy (non-hydrogen) atoms. The Morgan fingerprint density at radius 1 is 0.903 bits per heavy atom. The van der Waals surface area contributed by atoms with Crippen molar-refractivity contribution in [3.63, 3.8) is 0 Å². The molecular formula is C23H25FN6O. The number of aryl methyl sites for hydroxylation is 1. The highest BCUT2D eigenvalue weighted by molar-refractivity contribution is 5.99. The smallest absolute Gasteiger partial charge is 0.323 e. The summed E-state index contributed by atoms with van der Waals surface area (Å²) in [7, 11) is 2.12. The highest BCUT2D eigenvalue weighted by Crippen LogP contribution is 2.21. The van der Waals surface area contributed by atoms with E-state index < -0.39 is 6.03 Å². The Labute approximate surface area is 180 Å². The Morgan fingerprint density at radius 3 is 2.23 bits per heavy atom. The molecule has 1 fully saturated rings. The SMILES string of the molecule is Cc1ccc(NC(=O)Nc2ccc(-c3ccc(N4CCN(C)CC4)nn3)cc2)cc1F. The molecule has 4 rings (SSSR count). The van der Waals surface area contributed by atoms with Crippen LogP contribution >= 0.6 is 0 Å². The molecule has 1 aromatic heterocycles. The van der Waals surface area contributed by atoms with Crippen LogP contribution in [0.2, 0.25) is 0 Å². The molecule has 2 heterocycles. The first-order valence-electron chi connectivity index (χ1n) is 10.2. The van der Waals surface area contributed by atoms with Crippen LogP contribution in [0.3, 0.4) is 0 Å². The van der Waals surface area contributed by atoms with E-state index in [1.54, 1.807) is 31.2 Å². The number of urea groups is 1. The van der Waals surface area contributed by atoms with Gasteiger partial charge in [-0.15, -0.1) is 10.2 Å². The number of halogens is 1. The van der Waals surface area contributed by atoms with Crippen molar-refractivity contribution in [3.05, 3.63) is 66.0 Å². The largest absolute Gasteiger partial charge is 0.353 e. The van der Waals surface area contributed by atoms with Crippen molar-refractivity contribution in [2.75, 3.05) is 48.8 Å². The van der Waals surface area contributed by atoms with Crippen molar-refractivity contribution >= 4 is 23.2 Å². The minimum absolute atomic E-state index is 0.359. The minimum Gasteiger partial charge on any atom is -0.353 e. The molecule has 2 aromatic carbocycles. The van der Waals surface area contributed by atoms with Gasteiger partial charge in [0.1, 0.15) is 5.82 Å². The zero-order valence-electron chi connectivity index (χ0n) is 17.6. The van der Waals surface area contributed by atoms with E-state index in [0.29, 0.717) is 16.9 Å². The van der Waals surface area contributed by atoms with Gasteiger partial charge in [0.05, 0.1) is 5.69 Å². The number of likely N-dealkylation sites (N-methyl/N-ethyl adjacent to an activating group) is 1. The number of hydrogen-bond donors (Lipinski definition) is 2. The van der Waals surface area contributed by atoms with Crippen molar-refractivity contribution in [3.8, 4) is 11.3 Å². The van der Waals surface area contributed by atoms with Crippen LogP contribution in [0, 0.1) is 12.7 Å². The van der Waals surface area contributed by atoms with Crippen molar-refractivity contribution in [1.82, 2.24) is 15.1 Å². The topological polar surface area (TPSA) is 73.4 Å². The maximum Gasteiger partial charge on any atom is 0.323 e. The van der Waals surface area contributed by atoms with Gasteiger partial charge in [-0.05, 0) is 55.9 Å². The summed E-state index contributed by atoms with van der Waals surface area (Å²) in [6.45, 7) is 5.60. The first kappa shape index (κ1) is 20.7. The molecule has 7 nitrogen and oxygen atoms in total. The average molecular weight is 420 g/mol. The number of amides is 2. The van der Waals surface area contributed by atoms with Crippen LogP contribution in [-0.2, 0) is 0 Å². The molecule has 1 aliphatic rings. The number of aromatic nitrogens is 2. The summed E-state index contributed by atoms with van der Waals surface area (Å²) in [6.07, 6.45) is 0. The lowest BCUT2D eigenvalue weighted by molar-refractivity contribution is 0.262. The number of piperazine rings is 1. The molecule has 0 bridgehead atoms. The van der Waals surface area contributed by atoms with Gasteiger partial charge >= 0.3 is 6.03 Å². The number of carbonyl (C=O) groups excluding carboxylic acids is 1.